The summed E-state index contributed by atoms with van der Waals surface area (Å²) in [5.41, 5.74) is 0.0690. The summed E-state index contributed by atoms with van der Waals surface area (Å²) >= 11 is 0. The van der Waals surface area contributed by atoms with Crippen LogP contribution in [0, 0.1) is 5.21 Å². The van der Waals surface area contributed by atoms with Gasteiger partial charge in [-0.3, -0.25) is 9.69 Å². The van der Waals surface area contributed by atoms with E-state index in [4.69, 9.17) is 4.74 Å². The zero-order valence-corrected chi connectivity index (χ0v) is 12.4. The van der Waals surface area contributed by atoms with Gasteiger partial charge in [0.15, 0.2) is 12.4 Å². The van der Waals surface area contributed by atoms with E-state index < -0.39 is 11.6 Å². The maximum atomic E-state index is 12.3. The first-order chi connectivity index (χ1) is 9.76. The molecule has 2 heterocycles. The molecule has 114 valence electrons. The number of esters is 1. The molecule has 7 heteroatoms. The molecule has 2 amide bonds. The van der Waals surface area contributed by atoms with Crippen LogP contribution in [0.1, 0.15) is 20.8 Å². The molecule has 7 nitrogen and oxygen atoms in total. The van der Waals surface area contributed by atoms with Crippen LogP contribution in [-0.4, -0.2) is 42.1 Å². The molecular weight excluding hydrogens is 274 g/mol. The number of nitrogens with zero attached hydrogens (tertiary/aromatic N) is 3. The highest BCUT2D eigenvalue weighted by Crippen LogP contribution is 2.19. The van der Waals surface area contributed by atoms with Gasteiger partial charge in [0.25, 0.3) is 0 Å². The lowest BCUT2D eigenvalue weighted by atomic mass is 10.2. The molecule has 21 heavy (non-hydrogen) atoms. The number of rotatable bonds is 3. The highest BCUT2D eigenvalue weighted by Gasteiger charge is 2.32. The molecule has 0 spiro atoms. The standard InChI is InChI=1S/C14H19N3O4/c1-14(2,3)21-12(18)10-15-8-9-17(13(15)19)11-4-6-16(20)7-5-11/h4-7H,8-10H2,1-3H3. The highest BCUT2D eigenvalue weighted by molar-refractivity contribution is 5.95. The van der Waals surface area contributed by atoms with Gasteiger partial charge in [-0.25, -0.2) is 4.79 Å². The Labute approximate surface area is 123 Å². The minimum absolute atomic E-state index is 0.0685. The Kier molecular flexibility index (Phi) is 4.02. The van der Waals surface area contributed by atoms with E-state index in [0.717, 1.165) is 0 Å². The topological polar surface area (TPSA) is 76.8 Å². The first-order valence-electron chi connectivity index (χ1n) is 6.73. The van der Waals surface area contributed by atoms with Crippen molar-refractivity contribution in [3.63, 3.8) is 0 Å². The van der Waals surface area contributed by atoms with Crippen LogP contribution in [0.15, 0.2) is 24.5 Å². The largest absolute Gasteiger partial charge is 0.619 e. The predicted octanol–water partition coefficient (Wildman–Crippen LogP) is 0.904. The third-order valence-corrected chi connectivity index (χ3v) is 2.93. The average Bonchev–Trinajstić information content (AvgIpc) is 2.70. The van der Waals surface area contributed by atoms with Crippen molar-refractivity contribution in [1.29, 1.82) is 0 Å². The van der Waals surface area contributed by atoms with Gasteiger partial charge < -0.3 is 14.8 Å². The van der Waals surface area contributed by atoms with Crippen LogP contribution in [0.4, 0.5) is 10.5 Å². The molecule has 1 saturated heterocycles. The summed E-state index contributed by atoms with van der Waals surface area (Å²) in [4.78, 5) is 27.0. The van der Waals surface area contributed by atoms with Crippen LogP contribution < -0.4 is 9.63 Å². The van der Waals surface area contributed by atoms with Crippen molar-refractivity contribution in [3.05, 3.63) is 29.7 Å². The van der Waals surface area contributed by atoms with E-state index in [1.165, 1.54) is 22.2 Å². The molecule has 0 atom stereocenters. The SMILES string of the molecule is CC(C)(C)OC(=O)CN1CCN(c2cc[n+]([O-])cc2)C1=O. The number of urea groups is 1. The number of amides is 2. The lowest BCUT2D eigenvalue weighted by Crippen LogP contribution is -2.38. The minimum atomic E-state index is -0.569. The molecule has 0 unspecified atom stereocenters. The van der Waals surface area contributed by atoms with Gasteiger partial charge in [-0.1, -0.05) is 0 Å². The Balaban J connectivity index is 1.98. The number of carbonyl (C=O) groups excluding carboxylic acids is 2. The molecule has 0 bridgehead atoms. The Morgan fingerprint density at radius 1 is 1.33 bits per heavy atom. The molecule has 1 aromatic heterocycles. The zero-order valence-electron chi connectivity index (χ0n) is 12.4. The van der Waals surface area contributed by atoms with Crippen molar-refractivity contribution in [2.45, 2.75) is 26.4 Å². The van der Waals surface area contributed by atoms with E-state index in [1.807, 2.05) is 0 Å². The maximum absolute atomic E-state index is 12.3. The van der Waals surface area contributed by atoms with Crippen molar-refractivity contribution in [2.24, 2.45) is 0 Å². The molecule has 1 aromatic rings. The van der Waals surface area contributed by atoms with Gasteiger partial charge in [0.05, 0.1) is 5.69 Å². The molecule has 1 aliphatic heterocycles. The number of hydrogen-bond donors (Lipinski definition) is 0. The Morgan fingerprint density at radius 3 is 2.52 bits per heavy atom. The van der Waals surface area contributed by atoms with Gasteiger partial charge in [-0.15, -0.1) is 0 Å². The van der Waals surface area contributed by atoms with Gasteiger partial charge >= 0.3 is 12.0 Å². The predicted molar refractivity (Wildman–Crippen MR) is 75.6 cm³/mol. The van der Waals surface area contributed by atoms with E-state index in [9.17, 15) is 14.8 Å². The molecule has 0 aromatic carbocycles. The minimum Gasteiger partial charge on any atom is -0.619 e. The summed E-state index contributed by atoms with van der Waals surface area (Å²) in [6.45, 7) is 6.21. The van der Waals surface area contributed by atoms with Crippen LogP contribution >= 0.6 is 0 Å². The summed E-state index contributed by atoms with van der Waals surface area (Å²) in [7, 11) is 0. The Hall–Kier alpha value is -2.31. The Morgan fingerprint density at radius 2 is 1.95 bits per heavy atom. The van der Waals surface area contributed by atoms with Crippen molar-refractivity contribution in [3.8, 4) is 0 Å². The van der Waals surface area contributed by atoms with E-state index in [2.05, 4.69) is 0 Å². The second-order valence-electron chi connectivity index (χ2n) is 5.86. The van der Waals surface area contributed by atoms with Crippen molar-refractivity contribution >= 4 is 17.7 Å². The van der Waals surface area contributed by atoms with Crippen molar-refractivity contribution in [1.82, 2.24) is 4.90 Å². The smallest absolute Gasteiger partial charge is 0.326 e. The molecular formula is C14H19N3O4. The number of pyridine rings is 1. The summed E-state index contributed by atoms with van der Waals surface area (Å²) in [6, 6.07) is 2.88. The highest BCUT2D eigenvalue weighted by atomic mass is 16.6. The number of carbonyl (C=O) groups is 2. The quantitative estimate of drug-likeness (QED) is 0.471. The fourth-order valence-electron chi connectivity index (χ4n) is 2.08. The lowest BCUT2D eigenvalue weighted by molar-refractivity contribution is -0.605. The normalized spacial score (nSPS) is 15.5. The fourth-order valence-corrected chi connectivity index (χ4v) is 2.08. The second-order valence-corrected chi connectivity index (χ2v) is 5.86. The zero-order chi connectivity index (χ0) is 15.6. The number of aromatic nitrogens is 1. The summed E-state index contributed by atoms with van der Waals surface area (Å²) in [5.74, 6) is -0.428. The number of anilines is 1. The Bertz CT molecular complexity index is 536. The first-order valence-corrected chi connectivity index (χ1v) is 6.73. The lowest BCUT2D eigenvalue weighted by Gasteiger charge is -2.22. The molecule has 0 saturated carbocycles. The number of ether oxygens (including phenoxy) is 1. The summed E-state index contributed by atoms with van der Waals surface area (Å²) in [6.07, 6.45) is 2.66. The van der Waals surface area contributed by atoms with Crippen molar-refractivity contribution < 1.29 is 19.1 Å². The van der Waals surface area contributed by atoms with Gasteiger partial charge in [0.1, 0.15) is 12.1 Å². The second kappa shape index (κ2) is 5.59. The van der Waals surface area contributed by atoms with Crippen LogP contribution in [0.2, 0.25) is 0 Å². The third-order valence-electron chi connectivity index (χ3n) is 2.93. The number of hydrogen-bond acceptors (Lipinski definition) is 4. The molecule has 1 aliphatic rings. The molecule has 0 aliphatic carbocycles. The van der Waals surface area contributed by atoms with Gasteiger partial charge in [0, 0.05) is 25.2 Å². The van der Waals surface area contributed by atoms with Crippen LogP contribution in [0.5, 0.6) is 0 Å². The molecule has 1 fully saturated rings. The summed E-state index contributed by atoms with van der Waals surface area (Å²) < 4.78 is 5.86. The summed E-state index contributed by atoms with van der Waals surface area (Å²) in [5, 5.41) is 11.0. The van der Waals surface area contributed by atoms with Crippen LogP contribution in [-0.2, 0) is 9.53 Å². The van der Waals surface area contributed by atoms with E-state index in [-0.39, 0.29) is 12.6 Å². The molecule has 0 N–H and O–H groups in total. The van der Waals surface area contributed by atoms with Gasteiger partial charge in [-0.05, 0) is 20.8 Å². The maximum Gasteiger partial charge on any atom is 0.326 e. The van der Waals surface area contributed by atoms with Gasteiger partial charge in [-0.2, -0.15) is 4.73 Å². The molecule has 0 radical (unpaired) electrons. The van der Waals surface area contributed by atoms with E-state index >= 15 is 0 Å². The van der Waals surface area contributed by atoms with Crippen LogP contribution in [0.3, 0.4) is 0 Å². The van der Waals surface area contributed by atoms with Crippen molar-refractivity contribution in [2.75, 3.05) is 24.5 Å². The first kappa shape index (κ1) is 15.1. The third kappa shape index (κ3) is 3.84. The monoisotopic (exact) mass is 293 g/mol. The fraction of sp³-hybridized carbons (Fsp3) is 0.500. The van der Waals surface area contributed by atoms with E-state index in [0.29, 0.717) is 23.5 Å². The average molecular weight is 293 g/mol. The van der Waals surface area contributed by atoms with Gasteiger partial charge in [0.2, 0.25) is 0 Å². The van der Waals surface area contributed by atoms with Crippen LogP contribution in [0.25, 0.3) is 0 Å². The van der Waals surface area contributed by atoms with E-state index in [1.54, 1.807) is 32.9 Å². The molecule has 2 rings (SSSR count).